The van der Waals surface area contributed by atoms with Crippen LogP contribution in [-0.2, 0) is 9.84 Å². The van der Waals surface area contributed by atoms with Gasteiger partial charge >= 0.3 is 0 Å². The second-order valence-corrected chi connectivity index (χ2v) is 7.66. The van der Waals surface area contributed by atoms with E-state index in [0.717, 1.165) is 5.56 Å². The zero-order valence-corrected chi connectivity index (χ0v) is 12.7. The average molecular weight is 315 g/mol. The van der Waals surface area contributed by atoms with Gasteiger partial charge in [-0.25, -0.2) is 12.8 Å². The number of nitriles is 1. The molecule has 0 saturated heterocycles. The summed E-state index contributed by atoms with van der Waals surface area (Å²) in [5, 5.41) is 8.47. The predicted octanol–water partition coefficient (Wildman–Crippen LogP) is 3.21. The van der Waals surface area contributed by atoms with Gasteiger partial charge in [0.1, 0.15) is 5.82 Å². The molecule has 3 unspecified atom stereocenters. The van der Waals surface area contributed by atoms with Gasteiger partial charge in [-0.2, -0.15) is 5.26 Å². The summed E-state index contributed by atoms with van der Waals surface area (Å²) in [7, 11) is -3.57. The summed E-state index contributed by atoms with van der Waals surface area (Å²) >= 11 is 0. The van der Waals surface area contributed by atoms with Crippen molar-refractivity contribution in [3.8, 4) is 6.07 Å². The fraction of sp³-hybridized carbons (Fsp3) is 0.235. The molecular formula is C17H14FNO2S. The lowest BCUT2D eigenvalue weighted by atomic mass is 10.1. The predicted molar refractivity (Wildman–Crippen MR) is 80.4 cm³/mol. The van der Waals surface area contributed by atoms with Crippen LogP contribution in [0.1, 0.15) is 17.0 Å². The summed E-state index contributed by atoms with van der Waals surface area (Å²) in [6, 6.07) is 14.4. The Bertz CT molecular complexity index is 836. The highest BCUT2D eigenvalue weighted by molar-refractivity contribution is 7.92. The van der Waals surface area contributed by atoms with E-state index in [2.05, 4.69) is 6.07 Å². The maximum Gasteiger partial charge on any atom is 0.183 e. The van der Waals surface area contributed by atoms with Crippen LogP contribution in [0.5, 0.6) is 0 Å². The largest absolute Gasteiger partial charge is 0.223 e. The molecular weight excluding hydrogens is 301 g/mol. The van der Waals surface area contributed by atoms with Crippen molar-refractivity contribution in [3.05, 3.63) is 65.5 Å². The maximum atomic E-state index is 13.0. The summed E-state index contributed by atoms with van der Waals surface area (Å²) in [5.74, 6) is -1.36. The minimum absolute atomic E-state index is 0.230. The molecule has 2 aromatic carbocycles. The van der Waals surface area contributed by atoms with Crippen LogP contribution in [0.25, 0.3) is 0 Å². The average Bonchev–Trinajstić information content (AvgIpc) is 3.24. The third-order valence-electron chi connectivity index (χ3n) is 4.07. The van der Waals surface area contributed by atoms with Crippen molar-refractivity contribution in [1.29, 1.82) is 5.26 Å². The van der Waals surface area contributed by atoms with Crippen molar-refractivity contribution in [2.75, 3.05) is 0 Å². The molecule has 3 atom stereocenters. The van der Waals surface area contributed by atoms with Crippen molar-refractivity contribution in [3.63, 3.8) is 0 Å². The molecule has 3 rings (SSSR count). The molecule has 2 aromatic rings. The molecule has 1 fully saturated rings. The van der Waals surface area contributed by atoms with Crippen molar-refractivity contribution in [1.82, 2.24) is 0 Å². The van der Waals surface area contributed by atoms with Crippen LogP contribution in [0, 0.1) is 30.0 Å². The Morgan fingerprint density at radius 1 is 1.05 bits per heavy atom. The number of hydrogen-bond acceptors (Lipinski definition) is 3. The molecule has 0 bridgehead atoms. The first kappa shape index (κ1) is 14.7. The van der Waals surface area contributed by atoms with Crippen molar-refractivity contribution in [2.24, 2.45) is 5.92 Å². The molecule has 0 aliphatic heterocycles. The molecule has 0 aromatic heterocycles. The quantitative estimate of drug-likeness (QED) is 0.874. The summed E-state index contributed by atoms with van der Waals surface area (Å²) in [6.07, 6.45) is 0. The number of sulfone groups is 1. The first-order valence-electron chi connectivity index (χ1n) is 6.91. The van der Waals surface area contributed by atoms with Crippen LogP contribution in [-0.4, -0.2) is 13.7 Å². The molecule has 0 spiro atoms. The van der Waals surface area contributed by atoms with E-state index in [9.17, 15) is 18.1 Å². The van der Waals surface area contributed by atoms with Gasteiger partial charge in [-0.3, -0.25) is 0 Å². The molecule has 1 aliphatic carbocycles. The minimum atomic E-state index is -3.57. The standard InChI is InChI=1S/C17H14FNO2S/c1-11-2-8-14(9-3-11)22(20,21)17-15(10-19)16(17)12-4-6-13(18)7-5-12/h2-9,15-17H,1H3. The van der Waals surface area contributed by atoms with Gasteiger partial charge in [0.05, 0.1) is 22.1 Å². The zero-order valence-electron chi connectivity index (χ0n) is 11.9. The van der Waals surface area contributed by atoms with Gasteiger partial charge in [0.15, 0.2) is 9.84 Å². The van der Waals surface area contributed by atoms with E-state index in [-0.39, 0.29) is 10.7 Å². The molecule has 1 aliphatic rings. The topological polar surface area (TPSA) is 57.9 Å². The van der Waals surface area contributed by atoms with Gasteiger partial charge in [-0.1, -0.05) is 29.8 Å². The van der Waals surface area contributed by atoms with Gasteiger partial charge in [0.25, 0.3) is 0 Å². The zero-order chi connectivity index (χ0) is 15.9. The number of aryl methyl sites for hydroxylation is 1. The lowest BCUT2D eigenvalue weighted by Crippen LogP contribution is -2.10. The molecule has 5 heteroatoms. The molecule has 3 nitrogen and oxygen atoms in total. The van der Waals surface area contributed by atoms with E-state index in [1.807, 2.05) is 6.92 Å². The van der Waals surface area contributed by atoms with E-state index in [4.69, 9.17) is 0 Å². The second-order valence-electron chi connectivity index (χ2n) is 5.55. The Morgan fingerprint density at radius 2 is 1.64 bits per heavy atom. The Kier molecular flexibility index (Phi) is 3.50. The van der Waals surface area contributed by atoms with E-state index in [1.54, 1.807) is 36.4 Å². The van der Waals surface area contributed by atoms with Crippen LogP contribution in [0.3, 0.4) is 0 Å². The van der Waals surface area contributed by atoms with Gasteiger partial charge in [0.2, 0.25) is 0 Å². The summed E-state index contributed by atoms with van der Waals surface area (Å²) in [6.45, 7) is 1.88. The molecule has 0 amide bonds. The van der Waals surface area contributed by atoms with Crippen LogP contribution in [0.4, 0.5) is 4.39 Å². The highest BCUT2D eigenvalue weighted by Crippen LogP contribution is 2.53. The number of benzene rings is 2. The minimum Gasteiger partial charge on any atom is -0.223 e. The van der Waals surface area contributed by atoms with E-state index >= 15 is 0 Å². The summed E-state index contributed by atoms with van der Waals surface area (Å²) in [4.78, 5) is 0.230. The number of nitrogens with zero attached hydrogens (tertiary/aromatic N) is 1. The van der Waals surface area contributed by atoms with Gasteiger partial charge in [-0.15, -0.1) is 0 Å². The maximum absolute atomic E-state index is 13.0. The first-order valence-corrected chi connectivity index (χ1v) is 8.45. The smallest absolute Gasteiger partial charge is 0.183 e. The molecule has 0 radical (unpaired) electrons. The highest BCUT2D eigenvalue weighted by atomic mass is 32.2. The SMILES string of the molecule is Cc1ccc(S(=O)(=O)C2C(C#N)C2c2ccc(F)cc2)cc1. The van der Waals surface area contributed by atoms with E-state index in [0.29, 0.717) is 5.56 Å². The summed E-state index contributed by atoms with van der Waals surface area (Å²) < 4.78 is 38.4. The number of halogens is 1. The third kappa shape index (κ3) is 2.40. The first-order chi connectivity index (χ1) is 10.4. The Labute approximate surface area is 128 Å². The summed E-state index contributed by atoms with van der Waals surface area (Å²) in [5.41, 5.74) is 1.66. The monoisotopic (exact) mass is 315 g/mol. The van der Waals surface area contributed by atoms with Crippen molar-refractivity contribution in [2.45, 2.75) is 23.0 Å². The third-order valence-corrected chi connectivity index (χ3v) is 6.30. The molecule has 0 heterocycles. The van der Waals surface area contributed by atoms with Crippen molar-refractivity contribution >= 4 is 9.84 Å². The second kappa shape index (κ2) is 5.22. The number of rotatable bonds is 3. The van der Waals surface area contributed by atoms with Gasteiger partial charge in [-0.05, 0) is 36.8 Å². The van der Waals surface area contributed by atoms with E-state index < -0.39 is 26.9 Å². The Hall–Kier alpha value is -2.19. The van der Waals surface area contributed by atoms with Gasteiger partial charge < -0.3 is 0 Å². The fourth-order valence-corrected chi connectivity index (χ4v) is 4.86. The van der Waals surface area contributed by atoms with Crippen LogP contribution >= 0.6 is 0 Å². The molecule has 22 heavy (non-hydrogen) atoms. The normalized spacial score (nSPS) is 23.8. The van der Waals surface area contributed by atoms with Crippen LogP contribution in [0.2, 0.25) is 0 Å². The lowest BCUT2D eigenvalue weighted by molar-refractivity contribution is 0.593. The fourth-order valence-electron chi connectivity index (χ4n) is 2.79. The molecule has 112 valence electrons. The van der Waals surface area contributed by atoms with Gasteiger partial charge in [0, 0.05) is 5.92 Å². The lowest BCUT2D eigenvalue weighted by Gasteiger charge is -2.04. The Balaban J connectivity index is 1.95. The van der Waals surface area contributed by atoms with Crippen LogP contribution < -0.4 is 0 Å². The number of hydrogen-bond donors (Lipinski definition) is 0. The van der Waals surface area contributed by atoms with Crippen molar-refractivity contribution < 1.29 is 12.8 Å². The molecule has 0 N–H and O–H groups in total. The van der Waals surface area contributed by atoms with E-state index in [1.165, 1.54) is 12.1 Å². The Morgan fingerprint density at radius 3 is 2.18 bits per heavy atom. The highest BCUT2D eigenvalue weighted by Gasteiger charge is 2.59. The molecule has 1 saturated carbocycles. The van der Waals surface area contributed by atoms with Crippen LogP contribution in [0.15, 0.2) is 53.4 Å².